The maximum Gasteiger partial charge on any atom is 0.315 e. The van der Waals surface area contributed by atoms with Crippen LogP contribution in [0.2, 0.25) is 0 Å². The van der Waals surface area contributed by atoms with Gasteiger partial charge in [-0.25, -0.2) is 0 Å². The van der Waals surface area contributed by atoms with E-state index in [1.54, 1.807) is 12.1 Å². The molecular formula is C11H15NO3. The van der Waals surface area contributed by atoms with Crippen LogP contribution in [-0.2, 0) is 4.79 Å². The van der Waals surface area contributed by atoms with Crippen LogP contribution in [0.1, 0.15) is 30.3 Å². The molecule has 0 spiro atoms. The monoisotopic (exact) mass is 209 g/mol. The van der Waals surface area contributed by atoms with Gasteiger partial charge in [0.15, 0.2) is 0 Å². The Kier molecular flexibility index (Phi) is 2.77. The zero-order valence-corrected chi connectivity index (χ0v) is 8.69. The number of furan rings is 1. The van der Waals surface area contributed by atoms with Crippen molar-refractivity contribution in [2.24, 2.45) is 0 Å². The summed E-state index contributed by atoms with van der Waals surface area (Å²) in [6.07, 6.45) is 2.31. The molecule has 1 aliphatic rings. The SMILES string of the molecule is Cc1ccc(C(CNC2CC2)C(=O)O)o1. The molecule has 1 aromatic heterocycles. The van der Waals surface area contributed by atoms with Crippen molar-refractivity contribution in [2.45, 2.75) is 31.7 Å². The van der Waals surface area contributed by atoms with E-state index in [0.717, 1.165) is 18.6 Å². The highest BCUT2D eigenvalue weighted by Crippen LogP contribution is 2.22. The summed E-state index contributed by atoms with van der Waals surface area (Å²) in [6, 6.07) is 4.05. The lowest BCUT2D eigenvalue weighted by Crippen LogP contribution is -2.28. The maximum atomic E-state index is 11.0. The average Bonchev–Trinajstić information content (AvgIpc) is 2.89. The predicted octanol–water partition coefficient (Wildman–Crippen LogP) is 1.51. The highest BCUT2D eigenvalue weighted by atomic mass is 16.4. The summed E-state index contributed by atoms with van der Waals surface area (Å²) in [7, 11) is 0. The van der Waals surface area contributed by atoms with Crippen molar-refractivity contribution in [3.05, 3.63) is 23.7 Å². The minimum absolute atomic E-state index is 0.451. The van der Waals surface area contributed by atoms with Crippen molar-refractivity contribution >= 4 is 5.97 Å². The van der Waals surface area contributed by atoms with Crippen molar-refractivity contribution in [3.63, 3.8) is 0 Å². The second-order valence-electron chi connectivity index (χ2n) is 4.02. The summed E-state index contributed by atoms with van der Waals surface area (Å²) < 4.78 is 5.34. The van der Waals surface area contributed by atoms with Gasteiger partial charge in [0.05, 0.1) is 0 Å². The number of aryl methyl sites for hydroxylation is 1. The summed E-state index contributed by atoms with van der Waals surface area (Å²) in [4.78, 5) is 11.0. The number of carboxylic acids is 1. The Bertz CT molecular complexity index is 354. The second kappa shape index (κ2) is 4.06. The molecule has 0 aromatic carbocycles. The number of carbonyl (C=O) groups is 1. The van der Waals surface area contributed by atoms with E-state index in [9.17, 15) is 4.79 Å². The van der Waals surface area contributed by atoms with Crippen molar-refractivity contribution in [1.82, 2.24) is 5.32 Å². The van der Waals surface area contributed by atoms with E-state index in [1.165, 1.54) is 0 Å². The normalized spacial score (nSPS) is 17.7. The minimum atomic E-state index is -0.836. The number of carboxylic acid groups (broad SMARTS) is 1. The summed E-state index contributed by atoms with van der Waals surface area (Å²) in [6.45, 7) is 2.27. The van der Waals surface area contributed by atoms with Gasteiger partial charge in [0.25, 0.3) is 0 Å². The van der Waals surface area contributed by atoms with Crippen molar-refractivity contribution in [1.29, 1.82) is 0 Å². The average molecular weight is 209 g/mol. The molecule has 1 fully saturated rings. The third kappa shape index (κ3) is 2.59. The molecule has 1 unspecified atom stereocenters. The fourth-order valence-electron chi connectivity index (χ4n) is 1.52. The lowest BCUT2D eigenvalue weighted by Gasteiger charge is -2.10. The van der Waals surface area contributed by atoms with E-state index in [4.69, 9.17) is 9.52 Å². The molecule has 1 saturated carbocycles. The van der Waals surface area contributed by atoms with Crippen LogP contribution in [0, 0.1) is 6.92 Å². The number of aliphatic carboxylic acids is 1. The summed E-state index contributed by atoms with van der Waals surface area (Å²) in [5, 5.41) is 12.3. The van der Waals surface area contributed by atoms with Gasteiger partial charge in [0.1, 0.15) is 17.4 Å². The Labute approximate surface area is 88.3 Å². The van der Waals surface area contributed by atoms with Gasteiger partial charge >= 0.3 is 5.97 Å². The lowest BCUT2D eigenvalue weighted by atomic mass is 10.1. The van der Waals surface area contributed by atoms with Gasteiger partial charge < -0.3 is 14.8 Å². The van der Waals surface area contributed by atoms with Crippen molar-refractivity contribution in [2.75, 3.05) is 6.54 Å². The number of hydrogen-bond acceptors (Lipinski definition) is 3. The number of hydrogen-bond donors (Lipinski definition) is 2. The molecule has 0 radical (unpaired) electrons. The zero-order valence-electron chi connectivity index (χ0n) is 8.69. The van der Waals surface area contributed by atoms with E-state index >= 15 is 0 Å². The highest BCUT2D eigenvalue weighted by molar-refractivity contribution is 5.75. The van der Waals surface area contributed by atoms with Crippen LogP contribution in [0.3, 0.4) is 0 Å². The molecule has 0 saturated heterocycles. The fourth-order valence-corrected chi connectivity index (χ4v) is 1.52. The topological polar surface area (TPSA) is 62.5 Å². The van der Waals surface area contributed by atoms with E-state index in [-0.39, 0.29) is 0 Å². The Morgan fingerprint density at radius 1 is 1.67 bits per heavy atom. The van der Waals surface area contributed by atoms with Gasteiger partial charge in [0, 0.05) is 12.6 Å². The molecular weight excluding hydrogens is 194 g/mol. The van der Waals surface area contributed by atoms with Crippen LogP contribution in [-0.4, -0.2) is 23.7 Å². The first-order valence-electron chi connectivity index (χ1n) is 5.19. The predicted molar refractivity (Wildman–Crippen MR) is 54.8 cm³/mol. The molecule has 4 nitrogen and oxygen atoms in total. The molecule has 0 bridgehead atoms. The molecule has 0 amide bonds. The van der Waals surface area contributed by atoms with Gasteiger partial charge in [0.2, 0.25) is 0 Å². The first kappa shape index (κ1) is 10.2. The molecule has 1 aliphatic carbocycles. The van der Waals surface area contributed by atoms with E-state index < -0.39 is 11.9 Å². The van der Waals surface area contributed by atoms with Crippen molar-refractivity contribution < 1.29 is 14.3 Å². The summed E-state index contributed by atoms with van der Waals surface area (Å²) >= 11 is 0. The van der Waals surface area contributed by atoms with Gasteiger partial charge in [-0.3, -0.25) is 4.79 Å². The first-order chi connectivity index (χ1) is 7.16. The second-order valence-corrected chi connectivity index (χ2v) is 4.02. The maximum absolute atomic E-state index is 11.0. The Morgan fingerprint density at radius 3 is 2.87 bits per heavy atom. The van der Waals surface area contributed by atoms with Crippen LogP contribution in [0.15, 0.2) is 16.5 Å². The molecule has 15 heavy (non-hydrogen) atoms. The lowest BCUT2D eigenvalue weighted by molar-refractivity contribution is -0.139. The number of rotatable bonds is 5. The van der Waals surface area contributed by atoms with Crippen molar-refractivity contribution in [3.8, 4) is 0 Å². The van der Waals surface area contributed by atoms with Gasteiger partial charge in [-0.1, -0.05) is 0 Å². The molecule has 2 N–H and O–H groups in total. The largest absolute Gasteiger partial charge is 0.481 e. The van der Waals surface area contributed by atoms with Crippen LogP contribution < -0.4 is 5.32 Å². The Morgan fingerprint density at radius 2 is 2.40 bits per heavy atom. The summed E-state index contributed by atoms with van der Waals surface area (Å²) in [5.74, 6) is -0.118. The van der Waals surface area contributed by atoms with Crippen LogP contribution in [0.5, 0.6) is 0 Å². The molecule has 2 rings (SSSR count). The third-order valence-electron chi connectivity index (χ3n) is 2.59. The van der Waals surface area contributed by atoms with E-state index in [0.29, 0.717) is 18.3 Å². The third-order valence-corrected chi connectivity index (χ3v) is 2.59. The first-order valence-corrected chi connectivity index (χ1v) is 5.19. The van der Waals surface area contributed by atoms with Crippen LogP contribution >= 0.6 is 0 Å². The van der Waals surface area contributed by atoms with E-state index in [1.807, 2.05) is 6.92 Å². The van der Waals surface area contributed by atoms with Gasteiger partial charge in [-0.15, -0.1) is 0 Å². The molecule has 0 aliphatic heterocycles. The zero-order chi connectivity index (χ0) is 10.8. The molecule has 82 valence electrons. The smallest absolute Gasteiger partial charge is 0.315 e. The number of nitrogens with one attached hydrogen (secondary N) is 1. The molecule has 1 atom stereocenters. The minimum Gasteiger partial charge on any atom is -0.481 e. The van der Waals surface area contributed by atoms with Crippen LogP contribution in [0.25, 0.3) is 0 Å². The molecule has 1 aromatic rings. The van der Waals surface area contributed by atoms with Gasteiger partial charge in [-0.2, -0.15) is 0 Å². The highest BCUT2D eigenvalue weighted by Gasteiger charge is 2.27. The summed E-state index contributed by atoms with van der Waals surface area (Å²) in [5.41, 5.74) is 0. The fraction of sp³-hybridized carbons (Fsp3) is 0.545. The quantitative estimate of drug-likeness (QED) is 0.771. The molecule has 1 heterocycles. The van der Waals surface area contributed by atoms with Crippen LogP contribution in [0.4, 0.5) is 0 Å². The molecule has 4 heteroatoms. The standard InChI is InChI=1S/C11H15NO3/c1-7-2-5-10(15-7)9(11(13)14)6-12-8-3-4-8/h2,5,8-9,12H,3-4,6H2,1H3,(H,13,14). The Balaban J connectivity index is 2.01. The van der Waals surface area contributed by atoms with Gasteiger partial charge in [-0.05, 0) is 31.9 Å². The van der Waals surface area contributed by atoms with E-state index in [2.05, 4.69) is 5.32 Å². The Hall–Kier alpha value is -1.29.